The number of nitrogens with one attached hydrogen (secondary N) is 1. The minimum Gasteiger partial charge on any atom is -0.402 e. The number of nitrogens with two attached hydrogens (primary N) is 1. The van der Waals surface area contributed by atoms with Crippen molar-refractivity contribution in [1.82, 2.24) is 0 Å². The van der Waals surface area contributed by atoms with E-state index in [2.05, 4.69) is 5.32 Å². The van der Waals surface area contributed by atoms with E-state index < -0.39 is 11.6 Å². The van der Waals surface area contributed by atoms with Gasteiger partial charge in [-0.1, -0.05) is 13.3 Å². The summed E-state index contributed by atoms with van der Waals surface area (Å²) in [7, 11) is 0. The van der Waals surface area contributed by atoms with Gasteiger partial charge in [0.1, 0.15) is 11.6 Å². The molecule has 1 aliphatic rings. The lowest BCUT2D eigenvalue weighted by Crippen LogP contribution is -2.09. The smallest absolute Gasteiger partial charge is 0.149 e. The number of benzene rings is 1. The number of allylic oxidation sites excluding steroid dienone is 2. The first-order valence-corrected chi connectivity index (χ1v) is 7.80. The maximum atomic E-state index is 14.0. The molecule has 2 nitrogen and oxygen atoms in total. The Kier molecular flexibility index (Phi) is 5.59. The quantitative estimate of drug-likeness (QED) is 0.838. The zero-order valence-electron chi connectivity index (χ0n) is 12.6. The van der Waals surface area contributed by atoms with Crippen LogP contribution in [-0.2, 0) is 6.42 Å². The normalized spacial score (nSPS) is 16.0. The molecule has 0 heterocycles. The molecule has 0 atom stereocenters. The molecule has 0 amide bonds. The molecule has 0 aliphatic heterocycles. The Morgan fingerprint density at radius 1 is 1.14 bits per heavy atom. The van der Waals surface area contributed by atoms with Gasteiger partial charge in [0.15, 0.2) is 0 Å². The van der Waals surface area contributed by atoms with E-state index in [4.69, 9.17) is 5.73 Å². The molecule has 0 radical (unpaired) electrons. The summed E-state index contributed by atoms with van der Waals surface area (Å²) < 4.78 is 27.6. The Bertz CT molecular complexity index is 524. The molecule has 0 saturated carbocycles. The van der Waals surface area contributed by atoms with Crippen LogP contribution in [0.25, 0.3) is 0 Å². The van der Waals surface area contributed by atoms with Gasteiger partial charge in [-0.15, -0.1) is 0 Å². The lowest BCUT2D eigenvalue weighted by Gasteiger charge is -2.15. The average Bonchev–Trinajstić information content (AvgIpc) is 2.63. The Morgan fingerprint density at radius 3 is 2.67 bits per heavy atom. The van der Waals surface area contributed by atoms with Gasteiger partial charge in [0.05, 0.1) is 5.69 Å². The molecule has 1 aromatic carbocycles. The van der Waals surface area contributed by atoms with Gasteiger partial charge in [0, 0.05) is 18.3 Å². The summed E-state index contributed by atoms with van der Waals surface area (Å²) in [4.78, 5) is 0. The van der Waals surface area contributed by atoms with E-state index in [1.165, 1.54) is 12.5 Å². The number of hydrogen-bond donors (Lipinski definition) is 2. The van der Waals surface area contributed by atoms with Crippen molar-refractivity contribution < 1.29 is 8.78 Å². The van der Waals surface area contributed by atoms with Crippen molar-refractivity contribution in [2.45, 2.75) is 51.9 Å². The van der Waals surface area contributed by atoms with Gasteiger partial charge in [-0.3, -0.25) is 0 Å². The molecule has 21 heavy (non-hydrogen) atoms. The van der Waals surface area contributed by atoms with Crippen molar-refractivity contribution >= 4 is 5.69 Å². The third-order valence-corrected chi connectivity index (χ3v) is 3.97. The van der Waals surface area contributed by atoms with Crippen LogP contribution in [0.4, 0.5) is 14.5 Å². The Balaban J connectivity index is 2.29. The zero-order valence-corrected chi connectivity index (χ0v) is 12.6. The molecule has 3 N–H and O–H groups in total. The van der Waals surface area contributed by atoms with Crippen molar-refractivity contribution in [3.63, 3.8) is 0 Å². The summed E-state index contributed by atoms with van der Waals surface area (Å²) in [5, 5.41) is 3.07. The van der Waals surface area contributed by atoms with Crippen molar-refractivity contribution in [2.75, 3.05) is 11.9 Å². The van der Waals surface area contributed by atoms with E-state index >= 15 is 0 Å². The zero-order chi connectivity index (χ0) is 15.2. The lowest BCUT2D eigenvalue weighted by atomic mass is 9.98. The van der Waals surface area contributed by atoms with E-state index in [0.29, 0.717) is 24.2 Å². The van der Waals surface area contributed by atoms with E-state index in [0.717, 1.165) is 49.4 Å². The van der Waals surface area contributed by atoms with Crippen molar-refractivity contribution in [3.05, 3.63) is 40.6 Å². The maximum Gasteiger partial charge on any atom is 0.149 e. The van der Waals surface area contributed by atoms with Crippen LogP contribution >= 0.6 is 0 Å². The third kappa shape index (κ3) is 4.19. The second-order valence-corrected chi connectivity index (χ2v) is 5.71. The molecule has 1 aromatic rings. The van der Waals surface area contributed by atoms with Crippen LogP contribution in [0.15, 0.2) is 23.4 Å². The largest absolute Gasteiger partial charge is 0.402 e. The molecule has 0 unspecified atom stereocenters. The fourth-order valence-electron chi connectivity index (χ4n) is 2.81. The summed E-state index contributed by atoms with van der Waals surface area (Å²) in [5.74, 6) is -1.05. The molecule has 0 aromatic heterocycles. The van der Waals surface area contributed by atoms with Crippen LogP contribution in [0.1, 0.15) is 51.0 Å². The van der Waals surface area contributed by atoms with E-state index in [1.54, 1.807) is 0 Å². The molecule has 1 aliphatic carbocycles. The molecule has 116 valence electrons. The van der Waals surface area contributed by atoms with Crippen LogP contribution in [0.2, 0.25) is 0 Å². The van der Waals surface area contributed by atoms with Gasteiger partial charge in [-0.25, -0.2) is 8.78 Å². The van der Waals surface area contributed by atoms with Crippen LogP contribution in [-0.4, -0.2) is 6.54 Å². The van der Waals surface area contributed by atoms with Crippen LogP contribution in [0, 0.1) is 11.6 Å². The Morgan fingerprint density at radius 2 is 1.90 bits per heavy atom. The Labute approximate surface area is 125 Å². The van der Waals surface area contributed by atoms with Crippen LogP contribution < -0.4 is 11.1 Å². The number of rotatable bonds is 5. The maximum absolute atomic E-state index is 14.0. The van der Waals surface area contributed by atoms with Crippen molar-refractivity contribution in [2.24, 2.45) is 5.73 Å². The first kappa shape index (κ1) is 15.8. The number of anilines is 1. The highest BCUT2D eigenvalue weighted by Gasteiger charge is 2.15. The molecular weight excluding hydrogens is 270 g/mol. The third-order valence-electron chi connectivity index (χ3n) is 3.97. The topological polar surface area (TPSA) is 38.0 Å². The second kappa shape index (κ2) is 7.43. The van der Waals surface area contributed by atoms with Crippen molar-refractivity contribution in [1.29, 1.82) is 0 Å². The molecule has 0 saturated heterocycles. The molecule has 0 fully saturated rings. The predicted octanol–water partition coefficient (Wildman–Crippen LogP) is 4.51. The molecule has 0 spiro atoms. The van der Waals surface area contributed by atoms with Gasteiger partial charge in [-0.2, -0.15) is 0 Å². The fraction of sp³-hybridized carbons (Fsp3) is 0.529. The van der Waals surface area contributed by atoms with Crippen LogP contribution in [0.5, 0.6) is 0 Å². The monoisotopic (exact) mass is 294 g/mol. The fourth-order valence-corrected chi connectivity index (χ4v) is 2.81. The Hall–Kier alpha value is -1.58. The number of hydrogen-bond acceptors (Lipinski definition) is 2. The standard InChI is InChI=1S/C17H24F2N2/c1-2-8-21-17-13(10-14(18)11-15(17)19)9-12-6-4-3-5-7-16(12)20/h10-11,21H,2-9,20H2,1H3. The first-order chi connectivity index (χ1) is 10.1. The summed E-state index contributed by atoms with van der Waals surface area (Å²) >= 11 is 0. The van der Waals surface area contributed by atoms with Crippen molar-refractivity contribution in [3.8, 4) is 0 Å². The van der Waals surface area contributed by atoms with E-state index in [9.17, 15) is 8.78 Å². The van der Waals surface area contributed by atoms with Gasteiger partial charge in [-0.05, 0) is 55.7 Å². The van der Waals surface area contributed by atoms with E-state index in [1.807, 2.05) is 6.92 Å². The highest BCUT2D eigenvalue weighted by atomic mass is 19.1. The summed E-state index contributed by atoms with van der Waals surface area (Å²) in [6.07, 6.45) is 6.62. The van der Waals surface area contributed by atoms with E-state index in [-0.39, 0.29) is 0 Å². The molecular formula is C17H24F2N2. The summed E-state index contributed by atoms with van der Waals surface area (Å²) in [6.45, 7) is 2.68. The van der Waals surface area contributed by atoms with Gasteiger partial charge in [0.25, 0.3) is 0 Å². The SMILES string of the molecule is CCCNc1c(F)cc(F)cc1CC1=C(N)CCCCC1. The molecule has 2 rings (SSSR count). The summed E-state index contributed by atoms with van der Waals surface area (Å²) in [5.41, 5.74) is 9.25. The minimum absolute atomic E-state index is 0.419. The highest BCUT2D eigenvalue weighted by molar-refractivity contribution is 5.54. The summed E-state index contributed by atoms with van der Waals surface area (Å²) in [6, 6.07) is 2.36. The number of halogens is 2. The average molecular weight is 294 g/mol. The van der Waals surface area contributed by atoms with Crippen LogP contribution in [0.3, 0.4) is 0 Å². The minimum atomic E-state index is -0.530. The first-order valence-electron chi connectivity index (χ1n) is 7.80. The van der Waals surface area contributed by atoms with Gasteiger partial charge < -0.3 is 11.1 Å². The van der Waals surface area contributed by atoms with Gasteiger partial charge >= 0.3 is 0 Å². The highest BCUT2D eigenvalue weighted by Crippen LogP contribution is 2.29. The molecule has 0 bridgehead atoms. The second-order valence-electron chi connectivity index (χ2n) is 5.71. The predicted molar refractivity (Wildman–Crippen MR) is 83.1 cm³/mol. The molecule has 4 heteroatoms. The van der Waals surface area contributed by atoms with Gasteiger partial charge in [0.2, 0.25) is 0 Å². The lowest BCUT2D eigenvalue weighted by molar-refractivity contribution is 0.582.